The number of alkyl halides is 2. The molecular weight excluding hydrogens is 354 g/mol. The lowest BCUT2D eigenvalue weighted by Crippen LogP contribution is -2.27. The summed E-state index contributed by atoms with van der Waals surface area (Å²) in [6, 6.07) is 13.6. The van der Waals surface area contributed by atoms with Crippen molar-refractivity contribution in [2.45, 2.75) is 19.4 Å². The first-order valence-electron chi connectivity index (χ1n) is 8.32. The van der Waals surface area contributed by atoms with Crippen molar-refractivity contribution in [1.82, 2.24) is 20.1 Å². The van der Waals surface area contributed by atoms with E-state index >= 15 is 0 Å². The van der Waals surface area contributed by atoms with E-state index in [4.69, 9.17) is 4.74 Å². The van der Waals surface area contributed by atoms with Crippen LogP contribution in [0, 0.1) is 0 Å². The van der Waals surface area contributed by atoms with E-state index in [1.165, 1.54) is 18.2 Å². The van der Waals surface area contributed by atoms with Gasteiger partial charge in [0.05, 0.1) is 11.7 Å². The van der Waals surface area contributed by atoms with Crippen LogP contribution in [0.4, 0.5) is 8.78 Å². The maximum atomic E-state index is 12.4. The van der Waals surface area contributed by atoms with Gasteiger partial charge in [-0.1, -0.05) is 18.2 Å². The molecule has 6 nitrogen and oxygen atoms in total. The van der Waals surface area contributed by atoms with E-state index in [1.54, 1.807) is 10.9 Å². The van der Waals surface area contributed by atoms with Crippen molar-refractivity contribution < 1.29 is 18.3 Å². The zero-order chi connectivity index (χ0) is 19.2. The van der Waals surface area contributed by atoms with Gasteiger partial charge in [-0.15, -0.1) is 0 Å². The third kappa shape index (κ3) is 4.87. The van der Waals surface area contributed by atoms with Gasteiger partial charge in [-0.25, -0.2) is 18.4 Å². The number of ether oxygens (including phenoxy) is 1. The summed E-state index contributed by atoms with van der Waals surface area (Å²) in [6.07, 6.45) is 0.937. The number of nitrogens with one attached hydrogen (secondary N) is 1. The van der Waals surface area contributed by atoms with E-state index in [1.807, 2.05) is 43.5 Å². The van der Waals surface area contributed by atoms with Crippen LogP contribution < -0.4 is 10.1 Å². The SMILES string of the molecule is CC(NC(=O)c1cccc(OCC(F)F)n1)c1ccc(-n2cccn2)cc1. The minimum absolute atomic E-state index is 0.0146. The van der Waals surface area contributed by atoms with Crippen molar-refractivity contribution >= 4 is 5.91 Å². The van der Waals surface area contributed by atoms with E-state index < -0.39 is 18.9 Å². The normalized spacial score (nSPS) is 12.0. The van der Waals surface area contributed by atoms with Gasteiger partial charge in [-0.2, -0.15) is 5.10 Å². The highest BCUT2D eigenvalue weighted by molar-refractivity contribution is 5.92. The molecule has 2 heterocycles. The standard InChI is InChI=1S/C19H18F2N4O2/c1-13(14-6-8-15(9-7-14)25-11-3-10-22-25)23-19(26)16-4-2-5-18(24-16)27-12-17(20)21/h2-11,13,17H,12H2,1H3,(H,23,26). The van der Waals surface area contributed by atoms with E-state index in [0.717, 1.165) is 11.3 Å². The molecule has 0 saturated carbocycles. The van der Waals surface area contributed by atoms with Crippen molar-refractivity contribution in [3.63, 3.8) is 0 Å². The summed E-state index contributed by atoms with van der Waals surface area (Å²) < 4.78 is 31.0. The Morgan fingerprint density at radius 1 is 1.19 bits per heavy atom. The Bertz CT molecular complexity index is 883. The molecule has 1 aromatic carbocycles. The first kappa shape index (κ1) is 18.5. The van der Waals surface area contributed by atoms with Crippen molar-refractivity contribution in [3.05, 3.63) is 72.2 Å². The highest BCUT2D eigenvalue weighted by atomic mass is 19.3. The fourth-order valence-electron chi connectivity index (χ4n) is 2.46. The maximum absolute atomic E-state index is 12.4. The predicted molar refractivity (Wildman–Crippen MR) is 95.2 cm³/mol. The van der Waals surface area contributed by atoms with Gasteiger partial charge in [0.25, 0.3) is 12.3 Å². The minimum Gasteiger partial charge on any atom is -0.472 e. The molecule has 1 atom stereocenters. The Kier molecular flexibility index (Phi) is 5.75. The molecule has 27 heavy (non-hydrogen) atoms. The Balaban J connectivity index is 1.64. The van der Waals surface area contributed by atoms with Crippen LogP contribution >= 0.6 is 0 Å². The first-order valence-corrected chi connectivity index (χ1v) is 8.32. The van der Waals surface area contributed by atoms with E-state index in [2.05, 4.69) is 15.4 Å². The lowest BCUT2D eigenvalue weighted by Gasteiger charge is -2.15. The minimum atomic E-state index is -2.60. The number of hydrogen-bond acceptors (Lipinski definition) is 4. The second-order valence-electron chi connectivity index (χ2n) is 5.80. The number of aromatic nitrogens is 3. The quantitative estimate of drug-likeness (QED) is 0.690. The molecule has 0 bridgehead atoms. The second kappa shape index (κ2) is 8.39. The molecule has 1 unspecified atom stereocenters. The number of hydrogen-bond donors (Lipinski definition) is 1. The molecule has 0 saturated heterocycles. The molecule has 0 radical (unpaired) electrons. The predicted octanol–water partition coefficient (Wildman–Crippen LogP) is 3.40. The van der Waals surface area contributed by atoms with Crippen LogP contribution in [-0.4, -0.2) is 33.7 Å². The fourth-order valence-corrected chi connectivity index (χ4v) is 2.46. The van der Waals surface area contributed by atoms with Crippen molar-refractivity contribution in [3.8, 4) is 11.6 Å². The molecule has 2 aromatic heterocycles. The van der Waals surface area contributed by atoms with Gasteiger partial charge < -0.3 is 10.1 Å². The van der Waals surface area contributed by atoms with E-state index in [-0.39, 0.29) is 17.6 Å². The van der Waals surface area contributed by atoms with Gasteiger partial charge >= 0.3 is 0 Å². The van der Waals surface area contributed by atoms with Crippen LogP contribution in [0.3, 0.4) is 0 Å². The Labute approximate surface area is 154 Å². The average molecular weight is 372 g/mol. The van der Waals surface area contributed by atoms with Gasteiger partial charge in [0, 0.05) is 18.5 Å². The van der Waals surface area contributed by atoms with Crippen LogP contribution in [0.1, 0.15) is 29.0 Å². The van der Waals surface area contributed by atoms with Gasteiger partial charge in [-0.3, -0.25) is 4.79 Å². The van der Waals surface area contributed by atoms with Crippen LogP contribution in [-0.2, 0) is 0 Å². The number of rotatable bonds is 7. The topological polar surface area (TPSA) is 69.0 Å². The fraction of sp³-hybridized carbons (Fsp3) is 0.211. The molecule has 8 heteroatoms. The summed E-state index contributed by atoms with van der Waals surface area (Å²) in [4.78, 5) is 16.3. The van der Waals surface area contributed by atoms with Gasteiger partial charge in [0.2, 0.25) is 5.88 Å². The summed E-state index contributed by atoms with van der Waals surface area (Å²) >= 11 is 0. The smallest absolute Gasteiger partial charge is 0.272 e. The molecule has 1 amide bonds. The second-order valence-corrected chi connectivity index (χ2v) is 5.80. The first-order chi connectivity index (χ1) is 13.0. The molecule has 0 fully saturated rings. The number of halogens is 2. The lowest BCUT2D eigenvalue weighted by molar-refractivity contribution is 0.0792. The third-order valence-corrected chi connectivity index (χ3v) is 3.82. The zero-order valence-corrected chi connectivity index (χ0v) is 14.5. The summed E-state index contributed by atoms with van der Waals surface area (Å²) in [5.74, 6) is -0.430. The monoisotopic (exact) mass is 372 g/mol. The van der Waals surface area contributed by atoms with Crippen molar-refractivity contribution in [2.75, 3.05) is 6.61 Å². The van der Waals surface area contributed by atoms with E-state index in [9.17, 15) is 13.6 Å². The van der Waals surface area contributed by atoms with Crippen molar-refractivity contribution in [1.29, 1.82) is 0 Å². The molecule has 3 aromatic rings. The summed E-state index contributed by atoms with van der Waals surface area (Å²) in [7, 11) is 0. The molecule has 0 aliphatic heterocycles. The maximum Gasteiger partial charge on any atom is 0.272 e. The number of pyridine rings is 1. The molecule has 3 rings (SSSR count). The van der Waals surface area contributed by atoms with Crippen LogP contribution in [0.2, 0.25) is 0 Å². The summed E-state index contributed by atoms with van der Waals surface area (Å²) in [6.45, 7) is 1.08. The summed E-state index contributed by atoms with van der Waals surface area (Å²) in [5, 5.41) is 6.99. The Morgan fingerprint density at radius 2 is 1.96 bits per heavy atom. The summed E-state index contributed by atoms with van der Waals surface area (Å²) in [5.41, 5.74) is 1.92. The number of carbonyl (C=O) groups excluding carboxylic acids is 1. The average Bonchev–Trinajstić information content (AvgIpc) is 3.21. The number of nitrogens with zero attached hydrogens (tertiary/aromatic N) is 3. The Morgan fingerprint density at radius 3 is 2.63 bits per heavy atom. The highest BCUT2D eigenvalue weighted by Gasteiger charge is 2.14. The van der Waals surface area contributed by atoms with Gasteiger partial charge in [0.15, 0.2) is 6.61 Å². The van der Waals surface area contributed by atoms with Gasteiger partial charge in [0.1, 0.15) is 5.69 Å². The van der Waals surface area contributed by atoms with Gasteiger partial charge in [-0.05, 0) is 36.8 Å². The molecule has 0 aliphatic carbocycles. The number of carbonyl (C=O) groups is 1. The molecule has 0 spiro atoms. The largest absolute Gasteiger partial charge is 0.472 e. The number of amides is 1. The molecular formula is C19H18F2N4O2. The third-order valence-electron chi connectivity index (χ3n) is 3.82. The highest BCUT2D eigenvalue weighted by Crippen LogP contribution is 2.16. The molecule has 140 valence electrons. The molecule has 0 aliphatic rings. The lowest BCUT2D eigenvalue weighted by atomic mass is 10.1. The van der Waals surface area contributed by atoms with Crippen molar-refractivity contribution in [2.24, 2.45) is 0 Å². The Hall–Kier alpha value is -3.29. The van der Waals surface area contributed by atoms with Crippen LogP contribution in [0.25, 0.3) is 5.69 Å². The zero-order valence-electron chi connectivity index (χ0n) is 14.5. The van der Waals surface area contributed by atoms with Crippen LogP contribution in [0.15, 0.2) is 60.9 Å². The molecule has 1 N–H and O–H groups in total. The number of benzene rings is 1. The van der Waals surface area contributed by atoms with E-state index in [0.29, 0.717) is 0 Å². The van der Waals surface area contributed by atoms with Crippen LogP contribution in [0.5, 0.6) is 5.88 Å².